The molecule has 2 aliphatic rings. The van der Waals surface area contributed by atoms with E-state index >= 15 is 0 Å². The van der Waals surface area contributed by atoms with Gasteiger partial charge >= 0.3 is 0 Å². The van der Waals surface area contributed by atoms with Crippen LogP contribution in [-0.4, -0.2) is 46.5 Å². The van der Waals surface area contributed by atoms with Crippen LogP contribution in [0.1, 0.15) is 25.7 Å². The van der Waals surface area contributed by atoms with Gasteiger partial charge in [-0.3, -0.25) is 9.48 Å². The number of aryl methyl sites for hydroxylation is 1. The molecule has 1 atom stereocenters. The summed E-state index contributed by atoms with van der Waals surface area (Å²) in [5.74, 6) is 1.30. The van der Waals surface area contributed by atoms with Crippen LogP contribution in [0.25, 0.3) is 21.9 Å². The predicted octanol–water partition coefficient (Wildman–Crippen LogP) is 3.37. The number of nitrogens with one attached hydrogen (secondary N) is 2. The van der Waals surface area contributed by atoms with Gasteiger partial charge in [0.05, 0.1) is 18.9 Å². The van der Waals surface area contributed by atoms with Crippen molar-refractivity contribution in [2.75, 3.05) is 25.0 Å². The molecule has 1 saturated carbocycles. The van der Waals surface area contributed by atoms with Gasteiger partial charge in [0.25, 0.3) is 0 Å². The van der Waals surface area contributed by atoms with Crippen molar-refractivity contribution < 1.29 is 9.53 Å². The van der Waals surface area contributed by atoms with Crippen LogP contribution in [0, 0.1) is 11.8 Å². The van der Waals surface area contributed by atoms with Crippen molar-refractivity contribution in [3.8, 4) is 11.1 Å². The Morgan fingerprint density at radius 1 is 1.13 bits per heavy atom. The first kappa shape index (κ1) is 20.2. The van der Waals surface area contributed by atoms with Gasteiger partial charge in [-0.15, -0.1) is 0 Å². The largest absolute Gasteiger partial charge is 0.375 e. The van der Waals surface area contributed by atoms with E-state index in [0.717, 1.165) is 67.3 Å². The zero-order valence-corrected chi connectivity index (χ0v) is 17.9. The minimum Gasteiger partial charge on any atom is -0.375 e. The summed E-state index contributed by atoms with van der Waals surface area (Å²) in [4.78, 5) is 17.3. The summed E-state index contributed by atoms with van der Waals surface area (Å²) in [5.41, 5.74) is 2.17. The van der Waals surface area contributed by atoms with Gasteiger partial charge < -0.3 is 15.4 Å². The van der Waals surface area contributed by atoms with Crippen LogP contribution < -0.4 is 10.6 Å². The molecule has 1 aliphatic heterocycles. The first-order valence-corrected chi connectivity index (χ1v) is 11.2. The average molecular weight is 420 g/mol. The Hall–Kier alpha value is -2.77. The molecule has 7 nitrogen and oxygen atoms in total. The summed E-state index contributed by atoms with van der Waals surface area (Å²) in [5, 5.41) is 12.8. The monoisotopic (exact) mass is 419 g/mol. The minimum atomic E-state index is 0.0482. The van der Waals surface area contributed by atoms with Crippen molar-refractivity contribution >= 4 is 22.5 Å². The lowest BCUT2D eigenvalue weighted by Gasteiger charge is -2.35. The van der Waals surface area contributed by atoms with Gasteiger partial charge in [-0.25, -0.2) is 4.98 Å². The summed E-state index contributed by atoms with van der Waals surface area (Å²) in [6.45, 7) is 2.67. The molecule has 1 saturated heterocycles. The third kappa shape index (κ3) is 4.48. The number of amides is 1. The van der Waals surface area contributed by atoms with Crippen molar-refractivity contribution in [3.05, 3.63) is 42.9 Å². The molecule has 0 bridgehead atoms. The van der Waals surface area contributed by atoms with Gasteiger partial charge in [0.15, 0.2) is 0 Å². The second-order valence-corrected chi connectivity index (χ2v) is 8.75. The Morgan fingerprint density at radius 3 is 2.74 bits per heavy atom. The molecule has 3 heterocycles. The number of hydrogen-bond acceptors (Lipinski definition) is 5. The van der Waals surface area contributed by atoms with Gasteiger partial charge in [0.2, 0.25) is 5.91 Å². The van der Waals surface area contributed by atoms with Crippen LogP contribution >= 0.6 is 0 Å². The summed E-state index contributed by atoms with van der Waals surface area (Å²) in [6.07, 6.45) is 9.89. The maximum absolute atomic E-state index is 12.9. The number of hydrogen-bond donors (Lipinski definition) is 2. The molecule has 5 rings (SSSR count). The highest BCUT2D eigenvalue weighted by atomic mass is 16.5. The first-order valence-electron chi connectivity index (χ1n) is 11.2. The fraction of sp³-hybridized carbons (Fsp3) is 0.458. The smallest absolute Gasteiger partial charge is 0.228 e. The van der Waals surface area contributed by atoms with E-state index in [2.05, 4.69) is 38.9 Å². The lowest BCUT2D eigenvalue weighted by atomic mass is 9.78. The van der Waals surface area contributed by atoms with E-state index in [4.69, 9.17) is 4.74 Å². The zero-order chi connectivity index (χ0) is 21.2. The number of anilines is 1. The molecule has 1 unspecified atom stereocenters. The quantitative estimate of drug-likeness (QED) is 0.678. The van der Waals surface area contributed by atoms with Crippen LogP contribution in [0.3, 0.4) is 0 Å². The Morgan fingerprint density at radius 2 is 2.00 bits per heavy atom. The number of nitrogens with zero attached hydrogens (tertiary/aromatic N) is 3. The Labute approximate surface area is 182 Å². The van der Waals surface area contributed by atoms with Crippen LogP contribution in [0.2, 0.25) is 0 Å². The molecule has 2 aromatic heterocycles. The summed E-state index contributed by atoms with van der Waals surface area (Å²) in [7, 11) is 1.91. The number of aromatic nitrogens is 3. The highest BCUT2D eigenvalue weighted by molar-refractivity contribution is 5.95. The lowest BCUT2D eigenvalue weighted by Crippen LogP contribution is -2.44. The van der Waals surface area contributed by atoms with Gasteiger partial charge in [-0.2, -0.15) is 5.10 Å². The Balaban J connectivity index is 1.24. The Kier molecular flexibility index (Phi) is 5.70. The maximum atomic E-state index is 12.9. The Bertz CT molecular complexity index is 1060. The molecule has 3 aromatic rings. The van der Waals surface area contributed by atoms with E-state index in [0.29, 0.717) is 17.8 Å². The normalized spacial score (nSPS) is 24.2. The molecule has 7 heteroatoms. The minimum absolute atomic E-state index is 0.0482. The van der Waals surface area contributed by atoms with E-state index in [1.54, 1.807) is 4.68 Å². The number of rotatable bonds is 4. The molecule has 1 aromatic carbocycles. The third-order valence-electron chi connectivity index (χ3n) is 6.64. The SMILES string of the molecule is Cn1cc(-c2ccc3cnc(NC(=O)[C@H]4CC[C@H](C5CNCCO5)CC4)cc3c2)cn1. The third-order valence-corrected chi connectivity index (χ3v) is 6.64. The topological polar surface area (TPSA) is 81.1 Å². The van der Waals surface area contributed by atoms with E-state index < -0.39 is 0 Å². The van der Waals surface area contributed by atoms with Crippen molar-refractivity contribution in [3.63, 3.8) is 0 Å². The molecule has 0 radical (unpaired) electrons. The number of carbonyl (C=O) groups excluding carboxylic acids is 1. The molecule has 1 amide bonds. The number of fused-ring (bicyclic) bond motifs is 1. The highest BCUT2D eigenvalue weighted by Crippen LogP contribution is 2.33. The van der Waals surface area contributed by atoms with E-state index in [1.165, 1.54) is 0 Å². The summed E-state index contributed by atoms with van der Waals surface area (Å²) >= 11 is 0. The van der Waals surface area contributed by atoms with Gasteiger partial charge in [-0.1, -0.05) is 12.1 Å². The fourth-order valence-corrected chi connectivity index (χ4v) is 4.83. The van der Waals surface area contributed by atoms with Crippen LogP contribution in [-0.2, 0) is 16.6 Å². The first-order chi connectivity index (χ1) is 15.2. The highest BCUT2D eigenvalue weighted by Gasteiger charge is 2.32. The number of carbonyl (C=O) groups is 1. The molecular weight excluding hydrogens is 390 g/mol. The van der Waals surface area contributed by atoms with Gasteiger partial charge in [0.1, 0.15) is 5.82 Å². The lowest BCUT2D eigenvalue weighted by molar-refractivity contribution is -0.121. The van der Waals surface area contributed by atoms with Crippen LogP contribution in [0.5, 0.6) is 0 Å². The molecule has 1 aliphatic carbocycles. The summed E-state index contributed by atoms with van der Waals surface area (Å²) < 4.78 is 7.71. The molecule has 162 valence electrons. The predicted molar refractivity (Wildman–Crippen MR) is 121 cm³/mol. The van der Waals surface area contributed by atoms with E-state index in [-0.39, 0.29) is 11.8 Å². The van der Waals surface area contributed by atoms with Crippen LogP contribution in [0.4, 0.5) is 5.82 Å². The van der Waals surface area contributed by atoms with Crippen molar-refractivity contribution in [2.45, 2.75) is 31.8 Å². The second-order valence-electron chi connectivity index (χ2n) is 8.75. The average Bonchev–Trinajstić information content (AvgIpc) is 3.25. The standard InChI is InChI=1S/C24H29N5O2/c1-29-15-21(13-27-29)18-6-7-19-12-26-23(11-20(19)10-18)28-24(30)17-4-2-16(3-5-17)22-14-25-8-9-31-22/h6-7,10-13,15-17,22,25H,2-5,8-9,14H2,1H3,(H,26,28,30)/t16-,17-,22?. The van der Waals surface area contributed by atoms with Crippen molar-refractivity contribution in [2.24, 2.45) is 18.9 Å². The fourth-order valence-electron chi connectivity index (χ4n) is 4.83. The summed E-state index contributed by atoms with van der Waals surface area (Å²) in [6, 6.07) is 8.20. The van der Waals surface area contributed by atoms with Crippen molar-refractivity contribution in [1.82, 2.24) is 20.1 Å². The zero-order valence-electron chi connectivity index (χ0n) is 17.9. The van der Waals surface area contributed by atoms with Gasteiger partial charge in [0, 0.05) is 49.4 Å². The molecule has 2 fully saturated rings. The van der Waals surface area contributed by atoms with Gasteiger partial charge in [-0.05, 0) is 54.7 Å². The molecule has 2 N–H and O–H groups in total. The molecular formula is C24H29N5O2. The van der Waals surface area contributed by atoms with E-state index in [9.17, 15) is 4.79 Å². The molecule has 31 heavy (non-hydrogen) atoms. The second kappa shape index (κ2) is 8.77. The van der Waals surface area contributed by atoms with E-state index in [1.807, 2.05) is 31.7 Å². The number of pyridine rings is 1. The number of ether oxygens (including phenoxy) is 1. The van der Waals surface area contributed by atoms with Crippen molar-refractivity contribution in [1.29, 1.82) is 0 Å². The number of benzene rings is 1. The maximum Gasteiger partial charge on any atom is 0.228 e. The van der Waals surface area contributed by atoms with Crippen LogP contribution in [0.15, 0.2) is 42.9 Å². The number of morpholine rings is 1. The molecule has 0 spiro atoms.